The average molecular weight is 549 g/mol. The number of ether oxygens (including phenoxy) is 1. The third kappa shape index (κ3) is 4.59. The number of aromatic amines is 1. The number of amides is 3. The van der Waals surface area contributed by atoms with E-state index in [0.29, 0.717) is 17.1 Å². The summed E-state index contributed by atoms with van der Waals surface area (Å²) in [5, 5.41) is 11.8. The fourth-order valence-electron chi connectivity index (χ4n) is 4.57. The highest BCUT2D eigenvalue weighted by atomic mass is 79.9. The molecule has 5 rings (SSSR count). The lowest BCUT2D eigenvalue weighted by atomic mass is 9.91. The maximum atomic E-state index is 13.7. The largest absolute Gasteiger partial charge is 0.491 e. The summed E-state index contributed by atoms with van der Waals surface area (Å²) in [7, 11) is 0. The van der Waals surface area contributed by atoms with Crippen molar-refractivity contribution in [2.24, 2.45) is 0 Å². The van der Waals surface area contributed by atoms with E-state index in [1.807, 2.05) is 55.5 Å². The summed E-state index contributed by atoms with van der Waals surface area (Å²) in [5.74, 6) is 0.540. The van der Waals surface area contributed by atoms with Crippen LogP contribution in [0.4, 0.5) is 4.79 Å². The molecule has 1 aliphatic heterocycles. The van der Waals surface area contributed by atoms with E-state index in [1.165, 1.54) is 4.90 Å². The van der Waals surface area contributed by atoms with Gasteiger partial charge in [-0.2, -0.15) is 0 Å². The minimum absolute atomic E-state index is 0.0897. The predicted octanol–water partition coefficient (Wildman–Crippen LogP) is 4.83. The predicted molar refractivity (Wildman–Crippen MR) is 139 cm³/mol. The summed E-state index contributed by atoms with van der Waals surface area (Å²) >= 11 is 3.48. The highest BCUT2D eigenvalue weighted by molar-refractivity contribution is 9.10. The number of rotatable bonds is 8. The molecule has 1 aromatic heterocycles. The van der Waals surface area contributed by atoms with E-state index in [0.717, 1.165) is 21.1 Å². The topological polar surface area (TPSA) is 108 Å². The molecule has 1 aliphatic rings. The maximum absolute atomic E-state index is 13.7. The number of urea groups is 1. The number of H-pyrrole nitrogens is 1. The number of hydrogen-bond acceptors (Lipinski definition) is 5. The van der Waals surface area contributed by atoms with Crippen LogP contribution in [0.15, 0.2) is 77.3 Å². The van der Waals surface area contributed by atoms with Crippen molar-refractivity contribution in [3.63, 3.8) is 0 Å². The average Bonchev–Trinajstić information content (AvgIpc) is 3.44. The van der Waals surface area contributed by atoms with E-state index in [-0.39, 0.29) is 25.0 Å². The number of nitrogens with zero attached hydrogens (tertiary/aromatic N) is 2. The Morgan fingerprint density at radius 3 is 2.56 bits per heavy atom. The Morgan fingerprint density at radius 2 is 1.83 bits per heavy atom. The van der Waals surface area contributed by atoms with E-state index >= 15 is 0 Å². The van der Waals surface area contributed by atoms with E-state index in [2.05, 4.69) is 26.2 Å². The van der Waals surface area contributed by atoms with E-state index < -0.39 is 18.1 Å². The maximum Gasteiger partial charge on any atom is 0.325 e. The number of benzene rings is 3. The van der Waals surface area contributed by atoms with Gasteiger partial charge in [-0.3, -0.25) is 9.69 Å². The van der Waals surface area contributed by atoms with Crippen LogP contribution < -0.4 is 10.1 Å². The van der Waals surface area contributed by atoms with Crippen molar-refractivity contribution < 1.29 is 19.4 Å². The standard InChI is InChI=1S/C27H25BrN4O4/c1-16(17-5-3-2-4-6-17)24(25-29-21-12-9-19(28)15-22(21)30-25)32-26(34)23(31-27(32)35)18-7-10-20(11-8-18)36-14-13-33/h2-12,15-16,23-24,33H,13-14H2,1H3,(H,29,30)(H,31,35)/t16-,23+,24-/m0/s1. The third-order valence-corrected chi connectivity index (χ3v) is 6.86. The molecular weight excluding hydrogens is 524 g/mol. The fourth-order valence-corrected chi connectivity index (χ4v) is 4.93. The first-order valence-corrected chi connectivity index (χ1v) is 12.4. The van der Waals surface area contributed by atoms with Crippen LogP contribution in [0.5, 0.6) is 5.75 Å². The first-order valence-electron chi connectivity index (χ1n) is 11.6. The van der Waals surface area contributed by atoms with Crippen LogP contribution in [0.2, 0.25) is 0 Å². The Balaban J connectivity index is 1.51. The first kappa shape index (κ1) is 24.0. The highest BCUT2D eigenvalue weighted by Crippen LogP contribution is 2.39. The van der Waals surface area contributed by atoms with Gasteiger partial charge in [0.25, 0.3) is 5.91 Å². The molecule has 0 saturated carbocycles. The molecule has 3 amide bonds. The Kier molecular flexibility index (Phi) is 6.75. The number of aromatic nitrogens is 2. The molecule has 0 radical (unpaired) electrons. The number of imide groups is 1. The van der Waals surface area contributed by atoms with Gasteiger partial charge in [0.05, 0.1) is 17.6 Å². The summed E-state index contributed by atoms with van der Waals surface area (Å²) < 4.78 is 6.31. The van der Waals surface area contributed by atoms with Gasteiger partial charge in [-0.05, 0) is 41.5 Å². The molecule has 2 heterocycles. The van der Waals surface area contributed by atoms with Crippen molar-refractivity contribution in [1.29, 1.82) is 0 Å². The highest BCUT2D eigenvalue weighted by Gasteiger charge is 2.46. The van der Waals surface area contributed by atoms with E-state index in [4.69, 9.17) is 14.8 Å². The monoisotopic (exact) mass is 548 g/mol. The van der Waals surface area contributed by atoms with Crippen LogP contribution in [0.3, 0.4) is 0 Å². The molecule has 0 spiro atoms. The van der Waals surface area contributed by atoms with Gasteiger partial charge < -0.3 is 20.1 Å². The zero-order valence-electron chi connectivity index (χ0n) is 19.5. The van der Waals surface area contributed by atoms with Crippen molar-refractivity contribution in [2.45, 2.75) is 24.9 Å². The normalized spacial score (nSPS) is 17.3. The van der Waals surface area contributed by atoms with Crippen molar-refractivity contribution in [2.75, 3.05) is 13.2 Å². The van der Waals surface area contributed by atoms with Gasteiger partial charge in [-0.25, -0.2) is 9.78 Å². The van der Waals surface area contributed by atoms with Gasteiger partial charge in [0.2, 0.25) is 0 Å². The van der Waals surface area contributed by atoms with Crippen LogP contribution in [0.1, 0.15) is 41.9 Å². The first-order chi connectivity index (χ1) is 17.5. The van der Waals surface area contributed by atoms with Crippen LogP contribution in [-0.4, -0.2) is 45.1 Å². The number of carbonyl (C=O) groups excluding carboxylic acids is 2. The molecule has 3 N–H and O–H groups in total. The van der Waals surface area contributed by atoms with Crippen LogP contribution >= 0.6 is 15.9 Å². The van der Waals surface area contributed by atoms with Crippen LogP contribution in [0, 0.1) is 0 Å². The summed E-state index contributed by atoms with van der Waals surface area (Å²) in [5.41, 5.74) is 3.19. The molecule has 1 fully saturated rings. The molecule has 0 aliphatic carbocycles. The number of aliphatic hydroxyl groups excluding tert-OH is 1. The second kappa shape index (κ2) is 10.1. The van der Waals surface area contributed by atoms with E-state index in [1.54, 1.807) is 24.3 Å². The lowest BCUT2D eigenvalue weighted by Crippen LogP contribution is -2.38. The van der Waals surface area contributed by atoms with Crippen molar-refractivity contribution >= 4 is 38.9 Å². The number of halogens is 1. The zero-order chi connectivity index (χ0) is 25.2. The summed E-state index contributed by atoms with van der Waals surface area (Å²) in [6.45, 7) is 2.08. The molecule has 36 heavy (non-hydrogen) atoms. The summed E-state index contributed by atoms with van der Waals surface area (Å²) in [6, 6.07) is 20.5. The number of fused-ring (bicyclic) bond motifs is 1. The molecule has 3 atom stereocenters. The lowest BCUT2D eigenvalue weighted by Gasteiger charge is -2.29. The van der Waals surface area contributed by atoms with Crippen LogP contribution in [0.25, 0.3) is 11.0 Å². The van der Waals surface area contributed by atoms with Crippen molar-refractivity contribution in [1.82, 2.24) is 20.2 Å². The van der Waals surface area contributed by atoms with Gasteiger partial charge in [-0.1, -0.05) is 65.3 Å². The molecule has 184 valence electrons. The number of imidazole rings is 1. The second-order valence-electron chi connectivity index (χ2n) is 8.66. The second-order valence-corrected chi connectivity index (χ2v) is 9.58. The summed E-state index contributed by atoms with van der Waals surface area (Å²) in [4.78, 5) is 36.4. The molecule has 0 bridgehead atoms. The SMILES string of the molecule is C[C@@H](c1ccccc1)[C@@H](c1nc2ccc(Br)cc2[nH]1)N1C(=O)N[C@H](c2ccc(OCCO)cc2)C1=O. The van der Waals surface area contributed by atoms with Gasteiger partial charge >= 0.3 is 6.03 Å². The van der Waals surface area contributed by atoms with Crippen molar-refractivity contribution in [3.8, 4) is 5.75 Å². The summed E-state index contributed by atoms with van der Waals surface area (Å²) in [6.07, 6.45) is 0. The molecule has 4 aromatic rings. The molecule has 0 unspecified atom stereocenters. The zero-order valence-corrected chi connectivity index (χ0v) is 21.1. The Hall–Kier alpha value is -3.69. The van der Waals surface area contributed by atoms with Gasteiger partial charge in [-0.15, -0.1) is 0 Å². The quantitative estimate of drug-likeness (QED) is 0.273. The number of carbonyl (C=O) groups is 2. The van der Waals surface area contributed by atoms with Gasteiger partial charge in [0.1, 0.15) is 30.3 Å². The fraction of sp³-hybridized carbons (Fsp3) is 0.222. The van der Waals surface area contributed by atoms with E-state index in [9.17, 15) is 9.59 Å². The number of nitrogens with one attached hydrogen (secondary N) is 2. The smallest absolute Gasteiger partial charge is 0.325 e. The Bertz CT molecular complexity index is 1390. The molecule has 9 heteroatoms. The lowest BCUT2D eigenvalue weighted by molar-refractivity contribution is -0.129. The molecular formula is C27H25BrN4O4. The minimum Gasteiger partial charge on any atom is -0.491 e. The number of hydrogen-bond donors (Lipinski definition) is 3. The van der Waals surface area contributed by atoms with Crippen LogP contribution in [-0.2, 0) is 4.79 Å². The molecule has 3 aromatic carbocycles. The third-order valence-electron chi connectivity index (χ3n) is 6.36. The number of aliphatic hydroxyl groups is 1. The Labute approximate surface area is 216 Å². The van der Waals surface area contributed by atoms with Gasteiger partial charge in [0, 0.05) is 10.4 Å². The van der Waals surface area contributed by atoms with Gasteiger partial charge in [0.15, 0.2) is 0 Å². The Morgan fingerprint density at radius 1 is 1.08 bits per heavy atom. The molecule has 1 saturated heterocycles. The van der Waals surface area contributed by atoms with Crippen molar-refractivity contribution in [3.05, 3.63) is 94.2 Å². The minimum atomic E-state index is -0.826. The molecule has 8 nitrogen and oxygen atoms in total.